The third-order valence-corrected chi connectivity index (χ3v) is 3.14. The SMILES string of the molecule is CCCN(CCC)Cc1ccc(CCC(=O)O)cc1.Cl. The van der Waals surface area contributed by atoms with Crippen LogP contribution in [0.5, 0.6) is 0 Å². The fourth-order valence-corrected chi connectivity index (χ4v) is 2.22. The summed E-state index contributed by atoms with van der Waals surface area (Å²) < 4.78 is 0. The van der Waals surface area contributed by atoms with E-state index in [-0.39, 0.29) is 18.8 Å². The van der Waals surface area contributed by atoms with Crippen molar-refractivity contribution in [3.8, 4) is 0 Å². The minimum Gasteiger partial charge on any atom is -0.481 e. The van der Waals surface area contributed by atoms with Gasteiger partial charge < -0.3 is 5.11 Å². The van der Waals surface area contributed by atoms with Crippen LogP contribution >= 0.6 is 12.4 Å². The lowest BCUT2D eigenvalue weighted by Gasteiger charge is -2.21. The minimum atomic E-state index is -0.735. The molecule has 0 radical (unpaired) electrons. The second-order valence-corrected chi connectivity index (χ2v) is 4.99. The van der Waals surface area contributed by atoms with E-state index in [4.69, 9.17) is 5.11 Å². The zero-order chi connectivity index (χ0) is 14.1. The highest BCUT2D eigenvalue weighted by atomic mass is 35.5. The lowest BCUT2D eigenvalue weighted by molar-refractivity contribution is -0.136. The summed E-state index contributed by atoms with van der Waals surface area (Å²) in [5.74, 6) is -0.735. The molecule has 0 aliphatic heterocycles. The molecule has 0 aliphatic rings. The monoisotopic (exact) mass is 299 g/mol. The molecule has 0 bridgehead atoms. The Morgan fingerprint density at radius 1 is 1.05 bits per heavy atom. The van der Waals surface area contributed by atoms with Gasteiger partial charge >= 0.3 is 5.97 Å². The van der Waals surface area contributed by atoms with Crippen LogP contribution in [0.1, 0.15) is 44.2 Å². The van der Waals surface area contributed by atoms with Gasteiger partial charge in [-0.2, -0.15) is 0 Å². The summed E-state index contributed by atoms with van der Waals surface area (Å²) in [4.78, 5) is 13.0. The number of carbonyl (C=O) groups is 1. The van der Waals surface area contributed by atoms with E-state index >= 15 is 0 Å². The zero-order valence-corrected chi connectivity index (χ0v) is 13.3. The highest BCUT2D eigenvalue weighted by molar-refractivity contribution is 5.85. The molecule has 1 aromatic rings. The Morgan fingerprint density at radius 3 is 2.00 bits per heavy atom. The van der Waals surface area contributed by atoms with E-state index in [1.54, 1.807) is 0 Å². The third kappa shape index (κ3) is 7.51. The molecule has 4 heteroatoms. The van der Waals surface area contributed by atoms with E-state index in [9.17, 15) is 4.79 Å². The van der Waals surface area contributed by atoms with Gasteiger partial charge in [-0.25, -0.2) is 0 Å². The van der Waals surface area contributed by atoms with E-state index in [1.165, 1.54) is 18.4 Å². The van der Waals surface area contributed by atoms with Crippen LogP contribution in [0.2, 0.25) is 0 Å². The van der Waals surface area contributed by atoms with Crippen LogP contribution in [0.4, 0.5) is 0 Å². The van der Waals surface area contributed by atoms with Crippen molar-refractivity contribution in [2.24, 2.45) is 0 Å². The number of benzene rings is 1. The molecule has 0 aromatic heterocycles. The zero-order valence-electron chi connectivity index (χ0n) is 12.5. The topological polar surface area (TPSA) is 40.5 Å². The lowest BCUT2D eigenvalue weighted by atomic mass is 10.1. The van der Waals surface area contributed by atoms with Crippen LogP contribution in [0.15, 0.2) is 24.3 Å². The van der Waals surface area contributed by atoms with Crippen molar-refractivity contribution >= 4 is 18.4 Å². The molecule has 0 saturated carbocycles. The normalized spacial score (nSPS) is 10.3. The predicted molar refractivity (Wildman–Crippen MR) is 85.5 cm³/mol. The first-order valence-corrected chi connectivity index (χ1v) is 7.17. The van der Waals surface area contributed by atoms with Crippen molar-refractivity contribution in [3.63, 3.8) is 0 Å². The largest absolute Gasteiger partial charge is 0.481 e. The Hall–Kier alpha value is -1.06. The third-order valence-electron chi connectivity index (χ3n) is 3.14. The maximum absolute atomic E-state index is 10.5. The highest BCUT2D eigenvalue weighted by Gasteiger charge is 2.04. The van der Waals surface area contributed by atoms with Crippen LogP contribution in [0.3, 0.4) is 0 Å². The maximum atomic E-state index is 10.5. The molecule has 0 saturated heterocycles. The first kappa shape index (κ1) is 18.9. The Balaban J connectivity index is 0.00000361. The van der Waals surface area contributed by atoms with E-state index in [0.717, 1.165) is 25.2 Å². The lowest BCUT2D eigenvalue weighted by Crippen LogP contribution is -2.24. The first-order chi connectivity index (χ1) is 9.15. The number of nitrogens with zero attached hydrogens (tertiary/aromatic N) is 1. The van der Waals surface area contributed by atoms with Gasteiger partial charge in [0, 0.05) is 13.0 Å². The quantitative estimate of drug-likeness (QED) is 0.755. The van der Waals surface area contributed by atoms with E-state index in [1.807, 2.05) is 12.1 Å². The molecule has 114 valence electrons. The van der Waals surface area contributed by atoms with Crippen molar-refractivity contribution in [1.82, 2.24) is 4.90 Å². The van der Waals surface area contributed by atoms with Crippen molar-refractivity contribution in [2.75, 3.05) is 13.1 Å². The van der Waals surface area contributed by atoms with Crippen molar-refractivity contribution in [3.05, 3.63) is 35.4 Å². The van der Waals surface area contributed by atoms with Crippen LogP contribution in [-0.2, 0) is 17.8 Å². The molecule has 0 heterocycles. The second kappa shape index (κ2) is 10.7. The smallest absolute Gasteiger partial charge is 0.303 e. The molecule has 0 atom stereocenters. The molecule has 1 N–H and O–H groups in total. The van der Waals surface area contributed by atoms with Crippen molar-refractivity contribution in [1.29, 1.82) is 0 Å². The Bertz CT molecular complexity index is 373. The Morgan fingerprint density at radius 2 is 1.55 bits per heavy atom. The molecule has 0 amide bonds. The van der Waals surface area contributed by atoms with E-state index in [0.29, 0.717) is 6.42 Å². The Labute approximate surface area is 128 Å². The number of aryl methyl sites for hydroxylation is 1. The molecule has 0 aliphatic carbocycles. The summed E-state index contributed by atoms with van der Waals surface area (Å²) in [6.07, 6.45) is 3.17. The molecule has 0 fully saturated rings. The summed E-state index contributed by atoms with van der Waals surface area (Å²) >= 11 is 0. The van der Waals surface area contributed by atoms with Crippen LogP contribution in [-0.4, -0.2) is 29.1 Å². The first-order valence-electron chi connectivity index (χ1n) is 7.17. The van der Waals surface area contributed by atoms with Gasteiger partial charge in [0.2, 0.25) is 0 Å². The Kier molecular flexibility index (Phi) is 10.1. The highest BCUT2D eigenvalue weighted by Crippen LogP contribution is 2.10. The molecule has 20 heavy (non-hydrogen) atoms. The number of hydrogen-bond donors (Lipinski definition) is 1. The standard InChI is InChI=1S/C16H25NO2.ClH/c1-3-11-17(12-4-2)13-15-7-5-14(6-8-15)9-10-16(18)19;/h5-8H,3-4,9-13H2,1-2H3,(H,18,19);1H. The summed E-state index contributed by atoms with van der Waals surface area (Å²) in [7, 11) is 0. The van der Waals surface area contributed by atoms with Gasteiger partial charge in [0.05, 0.1) is 0 Å². The molecule has 1 aromatic carbocycles. The van der Waals surface area contributed by atoms with Crippen molar-refractivity contribution < 1.29 is 9.90 Å². The number of halogens is 1. The predicted octanol–water partition coefficient (Wildman–Crippen LogP) is 3.75. The van der Waals surface area contributed by atoms with Gasteiger partial charge in [-0.3, -0.25) is 9.69 Å². The average molecular weight is 300 g/mol. The number of carboxylic acid groups (broad SMARTS) is 1. The molecular formula is C16H26ClNO2. The second-order valence-electron chi connectivity index (χ2n) is 4.99. The van der Waals surface area contributed by atoms with Gasteiger partial charge in [0.1, 0.15) is 0 Å². The van der Waals surface area contributed by atoms with E-state index < -0.39 is 5.97 Å². The molecule has 3 nitrogen and oxygen atoms in total. The summed E-state index contributed by atoms with van der Waals surface area (Å²) in [5, 5.41) is 8.66. The molecule has 0 spiro atoms. The number of carboxylic acids is 1. The molecular weight excluding hydrogens is 274 g/mol. The fourth-order valence-electron chi connectivity index (χ4n) is 2.22. The van der Waals surface area contributed by atoms with Crippen LogP contribution in [0, 0.1) is 0 Å². The van der Waals surface area contributed by atoms with Crippen LogP contribution in [0.25, 0.3) is 0 Å². The van der Waals surface area contributed by atoms with Crippen LogP contribution < -0.4 is 0 Å². The fraction of sp³-hybridized carbons (Fsp3) is 0.562. The number of rotatable bonds is 9. The van der Waals surface area contributed by atoms with Gasteiger partial charge in [0.15, 0.2) is 0 Å². The van der Waals surface area contributed by atoms with Crippen molar-refractivity contribution in [2.45, 2.75) is 46.1 Å². The summed E-state index contributed by atoms with van der Waals surface area (Å²) in [6.45, 7) is 7.67. The summed E-state index contributed by atoms with van der Waals surface area (Å²) in [6, 6.07) is 8.34. The molecule has 1 rings (SSSR count). The van der Waals surface area contributed by atoms with Gasteiger partial charge in [0.25, 0.3) is 0 Å². The van der Waals surface area contributed by atoms with Gasteiger partial charge in [-0.05, 0) is 43.5 Å². The number of hydrogen-bond acceptors (Lipinski definition) is 2. The number of aliphatic carboxylic acids is 1. The minimum absolute atomic E-state index is 0. The average Bonchev–Trinajstić information content (AvgIpc) is 2.38. The maximum Gasteiger partial charge on any atom is 0.303 e. The van der Waals surface area contributed by atoms with Gasteiger partial charge in [-0.1, -0.05) is 38.1 Å². The summed E-state index contributed by atoms with van der Waals surface area (Å²) in [5.41, 5.74) is 2.41. The molecule has 0 unspecified atom stereocenters. The van der Waals surface area contributed by atoms with E-state index in [2.05, 4.69) is 30.9 Å². The van der Waals surface area contributed by atoms with Gasteiger partial charge in [-0.15, -0.1) is 12.4 Å².